The van der Waals surface area contributed by atoms with Crippen molar-refractivity contribution in [3.8, 4) is 12.3 Å². The molecule has 1 unspecified atom stereocenters. The molecule has 0 aliphatic carbocycles. The summed E-state index contributed by atoms with van der Waals surface area (Å²) in [5.41, 5.74) is 0.834. The van der Waals surface area contributed by atoms with Crippen molar-refractivity contribution < 1.29 is 9.90 Å². The van der Waals surface area contributed by atoms with Crippen LogP contribution in [0.4, 0.5) is 0 Å². The zero-order valence-electron chi connectivity index (χ0n) is 10.4. The highest BCUT2D eigenvalue weighted by molar-refractivity contribution is 5.76. The van der Waals surface area contributed by atoms with Crippen molar-refractivity contribution in [3.63, 3.8) is 0 Å². The van der Waals surface area contributed by atoms with Gasteiger partial charge < -0.3 is 10.4 Å². The first-order valence-corrected chi connectivity index (χ1v) is 6.17. The van der Waals surface area contributed by atoms with Crippen LogP contribution < -0.4 is 5.32 Å². The maximum absolute atomic E-state index is 11.2. The van der Waals surface area contributed by atoms with Crippen LogP contribution in [-0.4, -0.2) is 24.2 Å². The van der Waals surface area contributed by atoms with E-state index in [0.717, 1.165) is 31.4 Å². The van der Waals surface area contributed by atoms with Gasteiger partial charge in [-0.25, -0.2) is 0 Å². The second kappa shape index (κ2) is 8.32. The molecular formula is C15H19NO2. The highest BCUT2D eigenvalue weighted by Gasteiger charge is 2.18. The molecule has 0 bridgehead atoms. The number of carboxylic acids is 1. The Kier molecular flexibility index (Phi) is 6.60. The molecule has 1 aromatic rings. The lowest BCUT2D eigenvalue weighted by molar-refractivity contribution is -0.138. The molecule has 2 N–H and O–H groups in total. The first-order valence-electron chi connectivity index (χ1n) is 6.17. The normalized spacial score (nSPS) is 11.7. The predicted molar refractivity (Wildman–Crippen MR) is 72.4 cm³/mol. The zero-order valence-corrected chi connectivity index (χ0v) is 10.4. The first kappa shape index (κ1) is 14.3. The van der Waals surface area contributed by atoms with E-state index in [2.05, 4.69) is 11.2 Å². The monoisotopic (exact) mass is 245 g/mol. The van der Waals surface area contributed by atoms with Crippen molar-refractivity contribution in [2.75, 3.05) is 13.1 Å². The van der Waals surface area contributed by atoms with E-state index in [1.807, 2.05) is 30.3 Å². The summed E-state index contributed by atoms with van der Waals surface area (Å²) in [7, 11) is 0. The Morgan fingerprint density at radius 3 is 2.67 bits per heavy atom. The summed E-state index contributed by atoms with van der Waals surface area (Å²) >= 11 is 0. The summed E-state index contributed by atoms with van der Waals surface area (Å²) in [4.78, 5) is 11.2. The van der Waals surface area contributed by atoms with Gasteiger partial charge in [-0.15, -0.1) is 12.3 Å². The van der Waals surface area contributed by atoms with Crippen LogP contribution >= 0.6 is 0 Å². The Balaban J connectivity index is 2.37. The van der Waals surface area contributed by atoms with E-state index in [-0.39, 0.29) is 0 Å². The summed E-state index contributed by atoms with van der Waals surface area (Å²) < 4.78 is 0. The van der Waals surface area contributed by atoms with E-state index in [1.165, 1.54) is 0 Å². The van der Waals surface area contributed by atoms with Crippen molar-refractivity contribution in [1.29, 1.82) is 0 Å². The Bertz CT molecular complexity index is 395. The predicted octanol–water partition coefficient (Wildman–Crippen LogP) is 2.25. The lowest BCUT2D eigenvalue weighted by atomic mass is 9.99. The number of nitrogens with one attached hydrogen (secondary N) is 1. The van der Waals surface area contributed by atoms with Gasteiger partial charge in [0.2, 0.25) is 0 Å². The van der Waals surface area contributed by atoms with Crippen LogP contribution in [0.1, 0.15) is 30.7 Å². The van der Waals surface area contributed by atoms with Crippen molar-refractivity contribution in [1.82, 2.24) is 5.32 Å². The number of carbonyl (C=O) groups is 1. The smallest absolute Gasteiger partial charge is 0.312 e. The van der Waals surface area contributed by atoms with Crippen LogP contribution in [0.15, 0.2) is 30.3 Å². The summed E-state index contributed by atoms with van der Waals surface area (Å²) in [6.45, 7) is 1.26. The number of rotatable bonds is 8. The molecule has 0 radical (unpaired) electrons. The highest BCUT2D eigenvalue weighted by Crippen LogP contribution is 2.14. The average Bonchev–Trinajstić information content (AvgIpc) is 2.38. The number of unbranched alkanes of at least 4 members (excludes halogenated alkanes) is 2. The molecule has 1 rings (SSSR count). The van der Waals surface area contributed by atoms with Gasteiger partial charge in [0.15, 0.2) is 0 Å². The maximum atomic E-state index is 11.2. The molecule has 96 valence electrons. The number of aliphatic carboxylic acids is 1. The molecule has 0 saturated heterocycles. The quantitative estimate of drug-likeness (QED) is 0.545. The van der Waals surface area contributed by atoms with Gasteiger partial charge in [-0.2, -0.15) is 0 Å². The van der Waals surface area contributed by atoms with Gasteiger partial charge in [-0.1, -0.05) is 30.3 Å². The molecule has 18 heavy (non-hydrogen) atoms. The minimum atomic E-state index is -0.794. The number of benzene rings is 1. The Morgan fingerprint density at radius 2 is 2.06 bits per heavy atom. The van der Waals surface area contributed by atoms with Crippen LogP contribution in [0, 0.1) is 12.3 Å². The number of hydrogen-bond acceptors (Lipinski definition) is 2. The first-order chi connectivity index (χ1) is 8.75. The molecular weight excluding hydrogens is 226 g/mol. The molecule has 0 heterocycles. The van der Waals surface area contributed by atoms with Gasteiger partial charge in [0, 0.05) is 13.0 Å². The van der Waals surface area contributed by atoms with E-state index in [4.69, 9.17) is 6.42 Å². The maximum Gasteiger partial charge on any atom is 0.312 e. The zero-order chi connectivity index (χ0) is 13.2. The Hall–Kier alpha value is -1.79. The minimum absolute atomic E-state index is 0.454. The Morgan fingerprint density at radius 1 is 1.33 bits per heavy atom. The molecule has 0 aliphatic rings. The summed E-state index contributed by atoms with van der Waals surface area (Å²) in [6.07, 6.45) is 7.90. The topological polar surface area (TPSA) is 49.3 Å². The molecule has 0 amide bonds. The SMILES string of the molecule is C#CCCCCNCC(C(=O)O)c1ccccc1. The second-order valence-electron chi connectivity index (χ2n) is 4.17. The van der Waals surface area contributed by atoms with Gasteiger partial charge in [0.05, 0.1) is 5.92 Å². The second-order valence-corrected chi connectivity index (χ2v) is 4.17. The minimum Gasteiger partial charge on any atom is -0.481 e. The molecule has 0 spiro atoms. The van der Waals surface area contributed by atoms with Gasteiger partial charge in [-0.3, -0.25) is 4.79 Å². The molecule has 3 nitrogen and oxygen atoms in total. The van der Waals surface area contributed by atoms with Crippen LogP contribution in [0.25, 0.3) is 0 Å². The largest absolute Gasteiger partial charge is 0.481 e. The van der Waals surface area contributed by atoms with Crippen molar-refractivity contribution in [2.24, 2.45) is 0 Å². The molecule has 1 aromatic carbocycles. The number of carboxylic acid groups (broad SMARTS) is 1. The lowest BCUT2D eigenvalue weighted by Crippen LogP contribution is -2.27. The third-order valence-electron chi connectivity index (χ3n) is 2.77. The lowest BCUT2D eigenvalue weighted by Gasteiger charge is -2.13. The van der Waals surface area contributed by atoms with Gasteiger partial charge in [0.1, 0.15) is 0 Å². The molecule has 3 heteroatoms. The van der Waals surface area contributed by atoms with Crippen molar-refractivity contribution in [2.45, 2.75) is 25.2 Å². The molecule has 0 saturated carbocycles. The van der Waals surface area contributed by atoms with E-state index in [9.17, 15) is 9.90 Å². The van der Waals surface area contributed by atoms with E-state index in [0.29, 0.717) is 6.54 Å². The molecule has 1 atom stereocenters. The third kappa shape index (κ3) is 5.03. The highest BCUT2D eigenvalue weighted by atomic mass is 16.4. The van der Waals surface area contributed by atoms with E-state index < -0.39 is 11.9 Å². The van der Waals surface area contributed by atoms with Gasteiger partial charge >= 0.3 is 5.97 Å². The van der Waals surface area contributed by atoms with Crippen molar-refractivity contribution >= 4 is 5.97 Å². The van der Waals surface area contributed by atoms with E-state index in [1.54, 1.807) is 0 Å². The van der Waals surface area contributed by atoms with Gasteiger partial charge in [0.25, 0.3) is 0 Å². The number of hydrogen-bond donors (Lipinski definition) is 2. The van der Waals surface area contributed by atoms with Crippen LogP contribution in [0.3, 0.4) is 0 Å². The average molecular weight is 245 g/mol. The fourth-order valence-electron chi connectivity index (χ4n) is 1.76. The van der Waals surface area contributed by atoms with Crippen LogP contribution in [0.5, 0.6) is 0 Å². The fraction of sp³-hybridized carbons (Fsp3) is 0.400. The van der Waals surface area contributed by atoms with Crippen LogP contribution in [-0.2, 0) is 4.79 Å². The van der Waals surface area contributed by atoms with Crippen molar-refractivity contribution in [3.05, 3.63) is 35.9 Å². The molecule has 0 fully saturated rings. The standard InChI is InChI=1S/C15H19NO2/c1-2-3-4-8-11-16-12-14(15(17)18)13-9-6-5-7-10-13/h1,5-7,9-10,14,16H,3-4,8,11-12H2,(H,17,18). The molecule has 0 aromatic heterocycles. The van der Waals surface area contributed by atoms with E-state index >= 15 is 0 Å². The van der Waals surface area contributed by atoms with Gasteiger partial charge in [-0.05, 0) is 24.9 Å². The summed E-state index contributed by atoms with van der Waals surface area (Å²) in [5.74, 6) is 1.31. The number of terminal acetylenes is 1. The fourth-order valence-corrected chi connectivity index (χ4v) is 1.76. The van der Waals surface area contributed by atoms with Crippen LogP contribution in [0.2, 0.25) is 0 Å². The Labute approximate surface area is 108 Å². The molecule has 0 aliphatic heterocycles. The third-order valence-corrected chi connectivity index (χ3v) is 2.77. The summed E-state index contributed by atoms with van der Waals surface area (Å²) in [5, 5.41) is 12.4. The summed E-state index contributed by atoms with van der Waals surface area (Å²) in [6, 6.07) is 9.30.